The first-order chi connectivity index (χ1) is 10.0. The number of hydrogen-bond acceptors (Lipinski definition) is 3. The molecule has 0 aromatic heterocycles. The first-order valence-electron chi connectivity index (χ1n) is 7.09. The van der Waals surface area contributed by atoms with Crippen LogP contribution in [0.4, 0.5) is 0 Å². The van der Waals surface area contributed by atoms with Crippen LogP contribution in [0.15, 0.2) is 36.4 Å². The normalized spacial score (nSPS) is 27.0. The van der Waals surface area contributed by atoms with E-state index in [9.17, 15) is 0 Å². The molecule has 3 nitrogen and oxygen atoms in total. The van der Waals surface area contributed by atoms with Gasteiger partial charge < -0.3 is 14.2 Å². The summed E-state index contributed by atoms with van der Waals surface area (Å²) in [5.41, 5.74) is 0.951. The van der Waals surface area contributed by atoms with Crippen LogP contribution in [-0.4, -0.2) is 25.2 Å². The van der Waals surface area contributed by atoms with Gasteiger partial charge in [-0.1, -0.05) is 18.2 Å². The summed E-state index contributed by atoms with van der Waals surface area (Å²) in [5.74, 6) is -0.0209. The molecule has 3 rings (SSSR count). The summed E-state index contributed by atoms with van der Waals surface area (Å²) in [4.78, 5) is 0. The van der Waals surface area contributed by atoms with Gasteiger partial charge in [0.2, 0.25) is 5.79 Å². The highest BCUT2D eigenvalue weighted by Crippen LogP contribution is 2.40. The molecule has 1 heterocycles. The van der Waals surface area contributed by atoms with E-state index in [-0.39, 0.29) is 11.5 Å². The standard InChI is InChI=1S/C17H19ClO3/c1-11-10-20-17(21-11,12(2)18)15-6-4-14-9-16(19-3)7-5-13(14)8-15/h4-9,11-12H,10H2,1-3H3/t11?,12-,17?/m0/s1. The molecule has 0 spiro atoms. The quantitative estimate of drug-likeness (QED) is 0.800. The molecule has 1 saturated heterocycles. The molecule has 1 aliphatic heterocycles. The fraction of sp³-hybridized carbons (Fsp3) is 0.412. The van der Waals surface area contributed by atoms with Crippen LogP contribution in [0, 0.1) is 0 Å². The maximum atomic E-state index is 6.37. The van der Waals surface area contributed by atoms with Crippen molar-refractivity contribution in [3.63, 3.8) is 0 Å². The molecule has 0 bridgehead atoms. The van der Waals surface area contributed by atoms with Crippen molar-refractivity contribution in [2.45, 2.75) is 31.1 Å². The molecule has 112 valence electrons. The van der Waals surface area contributed by atoms with Gasteiger partial charge in [0.15, 0.2) is 0 Å². The Labute approximate surface area is 129 Å². The molecule has 0 N–H and O–H groups in total. The first-order valence-corrected chi connectivity index (χ1v) is 7.53. The zero-order valence-electron chi connectivity index (χ0n) is 12.4. The molecule has 0 radical (unpaired) electrons. The molecule has 0 amide bonds. The van der Waals surface area contributed by atoms with Crippen molar-refractivity contribution in [2.75, 3.05) is 13.7 Å². The second kappa shape index (κ2) is 5.48. The van der Waals surface area contributed by atoms with Gasteiger partial charge in [-0.25, -0.2) is 0 Å². The Bertz CT molecular complexity index is 656. The summed E-state index contributed by atoms with van der Waals surface area (Å²) >= 11 is 6.37. The highest BCUT2D eigenvalue weighted by Gasteiger charge is 2.46. The molecule has 2 aromatic rings. The van der Waals surface area contributed by atoms with Crippen molar-refractivity contribution >= 4 is 22.4 Å². The Balaban J connectivity index is 2.07. The van der Waals surface area contributed by atoms with Gasteiger partial charge in [0, 0.05) is 5.56 Å². The molecule has 0 aliphatic carbocycles. The van der Waals surface area contributed by atoms with Gasteiger partial charge in [0.05, 0.1) is 25.2 Å². The Morgan fingerprint density at radius 2 is 1.95 bits per heavy atom. The van der Waals surface area contributed by atoms with Crippen molar-refractivity contribution in [3.8, 4) is 5.75 Å². The molecule has 2 unspecified atom stereocenters. The third-order valence-corrected chi connectivity index (χ3v) is 4.17. The van der Waals surface area contributed by atoms with E-state index in [4.69, 9.17) is 25.8 Å². The Morgan fingerprint density at radius 3 is 2.57 bits per heavy atom. The van der Waals surface area contributed by atoms with Crippen LogP contribution in [0.1, 0.15) is 19.4 Å². The monoisotopic (exact) mass is 306 g/mol. The number of halogens is 1. The summed E-state index contributed by atoms with van der Waals surface area (Å²) in [5, 5.41) is 1.94. The Kier molecular flexibility index (Phi) is 3.82. The second-order valence-corrected chi connectivity index (χ2v) is 6.11. The largest absolute Gasteiger partial charge is 0.497 e. The topological polar surface area (TPSA) is 27.7 Å². The molecule has 3 atom stereocenters. The Hall–Kier alpha value is -1.29. The number of methoxy groups -OCH3 is 1. The number of ether oxygens (including phenoxy) is 3. The minimum absolute atomic E-state index is 0.0396. The second-order valence-electron chi connectivity index (χ2n) is 5.45. The summed E-state index contributed by atoms with van der Waals surface area (Å²) in [6.07, 6.45) is 0.0396. The van der Waals surface area contributed by atoms with E-state index >= 15 is 0 Å². The first kappa shape index (κ1) is 14.6. The average molecular weight is 307 g/mol. The molecular weight excluding hydrogens is 288 g/mol. The van der Waals surface area contributed by atoms with Crippen LogP contribution in [0.25, 0.3) is 10.8 Å². The zero-order valence-corrected chi connectivity index (χ0v) is 13.2. The molecule has 21 heavy (non-hydrogen) atoms. The van der Waals surface area contributed by atoms with E-state index in [1.54, 1.807) is 7.11 Å². The van der Waals surface area contributed by atoms with Gasteiger partial charge in [0.25, 0.3) is 0 Å². The number of hydrogen-bond donors (Lipinski definition) is 0. The van der Waals surface area contributed by atoms with E-state index in [2.05, 4.69) is 6.07 Å². The lowest BCUT2D eigenvalue weighted by Crippen LogP contribution is -2.36. The fourth-order valence-corrected chi connectivity index (χ4v) is 3.01. The van der Waals surface area contributed by atoms with E-state index in [1.165, 1.54) is 0 Å². The van der Waals surface area contributed by atoms with Crippen LogP contribution in [-0.2, 0) is 15.3 Å². The molecule has 1 fully saturated rings. The van der Waals surface area contributed by atoms with Crippen LogP contribution in [0.5, 0.6) is 5.75 Å². The summed E-state index contributed by atoms with van der Waals surface area (Å²) in [6, 6.07) is 12.1. The van der Waals surface area contributed by atoms with Gasteiger partial charge in [-0.2, -0.15) is 0 Å². The van der Waals surface area contributed by atoms with Crippen LogP contribution in [0.2, 0.25) is 0 Å². The predicted molar refractivity (Wildman–Crippen MR) is 84.0 cm³/mol. The number of rotatable bonds is 3. The summed E-state index contributed by atoms with van der Waals surface area (Å²) in [7, 11) is 1.67. The molecular formula is C17H19ClO3. The van der Waals surface area contributed by atoms with Gasteiger partial charge in [-0.15, -0.1) is 11.6 Å². The maximum Gasteiger partial charge on any atom is 0.211 e. The van der Waals surface area contributed by atoms with Gasteiger partial charge in [-0.3, -0.25) is 0 Å². The number of benzene rings is 2. The van der Waals surface area contributed by atoms with E-state index in [0.717, 1.165) is 22.1 Å². The van der Waals surface area contributed by atoms with Crippen molar-refractivity contribution in [3.05, 3.63) is 42.0 Å². The van der Waals surface area contributed by atoms with E-state index < -0.39 is 5.79 Å². The smallest absolute Gasteiger partial charge is 0.211 e. The summed E-state index contributed by atoms with van der Waals surface area (Å²) < 4.78 is 17.2. The maximum absolute atomic E-state index is 6.37. The average Bonchev–Trinajstić information content (AvgIpc) is 2.89. The van der Waals surface area contributed by atoms with Gasteiger partial charge >= 0.3 is 0 Å². The Morgan fingerprint density at radius 1 is 1.24 bits per heavy atom. The summed E-state index contributed by atoms with van der Waals surface area (Å²) in [6.45, 7) is 4.45. The van der Waals surface area contributed by atoms with Crippen LogP contribution < -0.4 is 4.74 Å². The van der Waals surface area contributed by atoms with Crippen LogP contribution in [0.3, 0.4) is 0 Å². The number of alkyl halides is 1. The SMILES string of the molecule is COc1ccc2cc(C3([C@H](C)Cl)OCC(C)O3)ccc2c1. The third-order valence-electron chi connectivity index (χ3n) is 3.88. The highest BCUT2D eigenvalue weighted by atomic mass is 35.5. The van der Waals surface area contributed by atoms with Crippen molar-refractivity contribution in [1.29, 1.82) is 0 Å². The minimum Gasteiger partial charge on any atom is -0.497 e. The number of fused-ring (bicyclic) bond motifs is 1. The van der Waals surface area contributed by atoms with Gasteiger partial charge in [0.1, 0.15) is 5.75 Å². The fourth-order valence-electron chi connectivity index (χ4n) is 2.77. The predicted octanol–water partition coefficient (Wildman–Crippen LogP) is 4.06. The van der Waals surface area contributed by atoms with Crippen molar-refractivity contribution < 1.29 is 14.2 Å². The lowest BCUT2D eigenvalue weighted by molar-refractivity contribution is -0.173. The lowest BCUT2D eigenvalue weighted by Gasteiger charge is -2.31. The van der Waals surface area contributed by atoms with Crippen molar-refractivity contribution in [1.82, 2.24) is 0 Å². The molecule has 4 heteroatoms. The minimum atomic E-state index is -0.866. The zero-order chi connectivity index (χ0) is 15.0. The molecule has 1 aliphatic rings. The lowest BCUT2D eigenvalue weighted by atomic mass is 9.98. The van der Waals surface area contributed by atoms with Crippen LogP contribution >= 0.6 is 11.6 Å². The molecule has 0 saturated carbocycles. The van der Waals surface area contributed by atoms with Crippen molar-refractivity contribution in [2.24, 2.45) is 0 Å². The third kappa shape index (κ3) is 2.50. The van der Waals surface area contributed by atoms with E-state index in [1.807, 2.05) is 44.2 Å². The highest BCUT2D eigenvalue weighted by molar-refractivity contribution is 6.21. The van der Waals surface area contributed by atoms with Gasteiger partial charge in [-0.05, 0) is 42.8 Å². The molecule has 2 aromatic carbocycles. The van der Waals surface area contributed by atoms with E-state index in [0.29, 0.717) is 6.61 Å².